The van der Waals surface area contributed by atoms with Crippen molar-refractivity contribution >= 4 is 39.2 Å². The predicted molar refractivity (Wildman–Crippen MR) is 103 cm³/mol. The number of carbonyl (C=O) groups excluding carboxylic acids is 1. The van der Waals surface area contributed by atoms with Gasteiger partial charge in [0.25, 0.3) is 5.91 Å². The van der Waals surface area contributed by atoms with Crippen molar-refractivity contribution in [1.29, 1.82) is 0 Å². The lowest BCUT2D eigenvalue weighted by Gasteiger charge is -2.03. The van der Waals surface area contributed by atoms with Gasteiger partial charge in [-0.2, -0.15) is 4.99 Å². The third-order valence-electron chi connectivity index (χ3n) is 3.96. The number of carbonyl (C=O) groups is 1. The lowest BCUT2D eigenvalue weighted by Crippen LogP contribution is -2.15. The summed E-state index contributed by atoms with van der Waals surface area (Å²) in [6, 6.07) is 11.9. The number of benzene rings is 2. The molecule has 124 valence electrons. The van der Waals surface area contributed by atoms with E-state index in [2.05, 4.69) is 42.5 Å². The topological polar surface area (TPSA) is 34.4 Å². The average Bonchev–Trinajstić information content (AvgIpc) is 2.92. The summed E-state index contributed by atoms with van der Waals surface area (Å²) >= 11 is 3.25. The Morgan fingerprint density at radius 3 is 2.54 bits per heavy atom. The third kappa shape index (κ3) is 3.19. The molecule has 2 aromatic carbocycles. The molecular weight excluding hydrogens is 336 g/mol. The van der Waals surface area contributed by atoms with Gasteiger partial charge in [0, 0.05) is 17.0 Å². The van der Waals surface area contributed by atoms with Crippen LogP contribution in [0, 0.1) is 13.8 Å². The number of nitrogens with zero attached hydrogens (tertiary/aromatic N) is 2. The Labute approximate surface area is 150 Å². The van der Waals surface area contributed by atoms with Crippen LogP contribution in [-0.2, 0) is 6.54 Å². The highest BCUT2D eigenvalue weighted by molar-refractivity contribution is 7.98. The molecule has 1 heterocycles. The fourth-order valence-electron chi connectivity index (χ4n) is 2.79. The number of fused-ring (bicyclic) bond motifs is 1. The Morgan fingerprint density at radius 1 is 1.21 bits per heavy atom. The Kier molecular flexibility index (Phi) is 4.92. The number of hydrogen-bond donors (Lipinski definition) is 0. The van der Waals surface area contributed by atoms with E-state index in [-0.39, 0.29) is 5.91 Å². The second-order valence-corrected chi connectivity index (χ2v) is 7.56. The van der Waals surface area contributed by atoms with Gasteiger partial charge in [-0.1, -0.05) is 17.4 Å². The maximum absolute atomic E-state index is 12.5. The SMILES string of the molecule is CCn1c(=NC(=O)c2ccc(SC)cc2)sc2c(C)cc(C)cc21. The van der Waals surface area contributed by atoms with Crippen LogP contribution in [0.5, 0.6) is 0 Å². The van der Waals surface area contributed by atoms with E-state index in [4.69, 9.17) is 0 Å². The largest absolute Gasteiger partial charge is 0.317 e. The van der Waals surface area contributed by atoms with Gasteiger partial charge < -0.3 is 4.57 Å². The summed E-state index contributed by atoms with van der Waals surface area (Å²) in [4.78, 5) is 18.8. The number of rotatable bonds is 3. The van der Waals surface area contributed by atoms with Gasteiger partial charge in [-0.25, -0.2) is 0 Å². The minimum Gasteiger partial charge on any atom is -0.317 e. The molecular formula is C19H20N2OS2. The molecule has 3 nitrogen and oxygen atoms in total. The third-order valence-corrected chi connectivity index (χ3v) is 5.94. The second kappa shape index (κ2) is 6.95. The van der Waals surface area contributed by atoms with Crippen molar-refractivity contribution in [3.8, 4) is 0 Å². The van der Waals surface area contributed by atoms with Gasteiger partial charge in [0.05, 0.1) is 10.2 Å². The predicted octanol–water partition coefficient (Wildman–Crippen LogP) is 4.80. The molecule has 24 heavy (non-hydrogen) atoms. The molecule has 1 amide bonds. The first kappa shape index (κ1) is 17.0. The molecule has 0 radical (unpaired) electrons. The first-order valence-electron chi connectivity index (χ1n) is 7.87. The van der Waals surface area contributed by atoms with Gasteiger partial charge in [-0.05, 0) is 68.5 Å². The maximum atomic E-state index is 12.5. The Balaban J connectivity index is 2.11. The summed E-state index contributed by atoms with van der Waals surface area (Å²) in [7, 11) is 0. The van der Waals surface area contributed by atoms with Crippen LogP contribution in [-0.4, -0.2) is 16.7 Å². The van der Waals surface area contributed by atoms with Gasteiger partial charge in [0.15, 0.2) is 4.80 Å². The van der Waals surface area contributed by atoms with Crippen LogP contribution in [0.3, 0.4) is 0 Å². The fraction of sp³-hybridized carbons (Fsp3) is 0.263. The quantitative estimate of drug-likeness (QED) is 0.632. The Hall–Kier alpha value is -1.85. The number of amides is 1. The lowest BCUT2D eigenvalue weighted by atomic mass is 10.1. The van der Waals surface area contributed by atoms with Crippen LogP contribution >= 0.6 is 23.1 Å². The summed E-state index contributed by atoms with van der Waals surface area (Å²) in [5.74, 6) is -0.189. The summed E-state index contributed by atoms with van der Waals surface area (Å²) in [6.45, 7) is 7.08. The number of aromatic nitrogens is 1. The van der Waals surface area contributed by atoms with E-state index in [1.165, 1.54) is 15.8 Å². The first-order valence-corrected chi connectivity index (χ1v) is 9.91. The van der Waals surface area contributed by atoms with E-state index < -0.39 is 0 Å². The van der Waals surface area contributed by atoms with Gasteiger partial charge >= 0.3 is 0 Å². The lowest BCUT2D eigenvalue weighted by molar-refractivity contribution is 0.0998. The molecule has 0 spiro atoms. The molecule has 1 aromatic heterocycles. The standard InChI is InChI=1S/C19H20N2OS2/c1-5-21-16-11-12(2)10-13(3)17(16)24-19(21)20-18(22)14-6-8-15(23-4)9-7-14/h6-11H,5H2,1-4H3. The highest BCUT2D eigenvalue weighted by Gasteiger charge is 2.10. The minimum absolute atomic E-state index is 0.189. The van der Waals surface area contributed by atoms with Crippen molar-refractivity contribution < 1.29 is 4.79 Å². The van der Waals surface area contributed by atoms with Crippen molar-refractivity contribution in [2.24, 2.45) is 4.99 Å². The van der Waals surface area contributed by atoms with Crippen molar-refractivity contribution in [2.75, 3.05) is 6.26 Å². The molecule has 0 N–H and O–H groups in total. The van der Waals surface area contributed by atoms with E-state index in [0.717, 1.165) is 21.8 Å². The molecule has 5 heteroatoms. The van der Waals surface area contributed by atoms with E-state index in [0.29, 0.717) is 5.56 Å². The van der Waals surface area contributed by atoms with Crippen LogP contribution < -0.4 is 4.80 Å². The molecule has 0 fully saturated rings. The highest BCUT2D eigenvalue weighted by atomic mass is 32.2. The molecule has 0 saturated carbocycles. The normalized spacial score (nSPS) is 12.1. The second-order valence-electron chi connectivity index (χ2n) is 5.70. The summed E-state index contributed by atoms with van der Waals surface area (Å²) in [5.41, 5.74) is 4.24. The highest BCUT2D eigenvalue weighted by Crippen LogP contribution is 2.23. The molecule has 0 aliphatic carbocycles. The van der Waals surface area contributed by atoms with Gasteiger partial charge in [-0.15, -0.1) is 11.8 Å². The van der Waals surface area contributed by atoms with Gasteiger partial charge in [-0.3, -0.25) is 4.79 Å². The van der Waals surface area contributed by atoms with Crippen molar-refractivity contribution in [1.82, 2.24) is 4.57 Å². The van der Waals surface area contributed by atoms with Crippen molar-refractivity contribution in [3.05, 3.63) is 57.9 Å². The molecule has 3 rings (SSSR count). The number of aryl methyl sites for hydroxylation is 3. The van der Waals surface area contributed by atoms with Crippen LogP contribution in [0.4, 0.5) is 0 Å². The smallest absolute Gasteiger partial charge is 0.279 e. The summed E-state index contributed by atoms with van der Waals surface area (Å²) in [5, 5.41) is 0. The Morgan fingerprint density at radius 2 is 1.92 bits per heavy atom. The molecule has 3 aromatic rings. The van der Waals surface area contributed by atoms with Gasteiger partial charge in [0.1, 0.15) is 0 Å². The summed E-state index contributed by atoms with van der Waals surface area (Å²) < 4.78 is 3.32. The molecule has 0 aliphatic rings. The van der Waals surface area contributed by atoms with Crippen molar-refractivity contribution in [2.45, 2.75) is 32.2 Å². The zero-order valence-corrected chi connectivity index (χ0v) is 15.9. The van der Waals surface area contributed by atoms with Crippen molar-refractivity contribution in [3.63, 3.8) is 0 Å². The maximum Gasteiger partial charge on any atom is 0.279 e. The molecule has 0 unspecified atom stereocenters. The molecule has 0 bridgehead atoms. The van der Waals surface area contributed by atoms with E-state index in [9.17, 15) is 4.79 Å². The first-order chi connectivity index (χ1) is 11.5. The van der Waals surface area contributed by atoms with Crippen LogP contribution in [0.2, 0.25) is 0 Å². The van der Waals surface area contributed by atoms with Crippen LogP contribution in [0.15, 0.2) is 46.3 Å². The number of hydrogen-bond acceptors (Lipinski definition) is 3. The summed E-state index contributed by atoms with van der Waals surface area (Å²) in [6.07, 6.45) is 2.02. The average molecular weight is 357 g/mol. The van der Waals surface area contributed by atoms with Crippen LogP contribution in [0.1, 0.15) is 28.4 Å². The number of thiazole rings is 1. The van der Waals surface area contributed by atoms with E-state index >= 15 is 0 Å². The fourth-order valence-corrected chi connectivity index (χ4v) is 4.34. The minimum atomic E-state index is -0.189. The van der Waals surface area contributed by atoms with E-state index in [1.54, 1.807) is 23.1 Å². The van der Waals surface area contributed by atoms with Gasteiger partial charge in [0.2, 0.25) is 0 Å². The monoisotopic (exact) mass is 356 g/mol. The zero-order chi connectivity index (χ0) is 17.3. The van der Waals surface area contributed by atoms with E-state index in [1.807, 2.05) is 30.5 Å². The zero-order valence-electron chi connectivity index (χ0n) is 14.3. The number of thioether (sulfide) groups is 1. The molecule has 0 saturated heterocycles. The molecule has 0 atom stereocenters. The Bertz CT molecular complexity index is 965. The molecule has 0 aliphatic heterocycles. The van der Waals surface area contributed by atoms with Crippen LogP contribution in [0.25, 0.3) is 10.2 Å².